The van der Waals surface area contributed by atoms with Gasteiger partial charge >= 0.3 is 17.9 Å². The van der Waals surface area contributed by atoms with Crippen LogP contribution in [0.4, 0.5) is 0 Å². The molecular weight excluding hydrogens is 961 g/mol. The minimum Gasteiger partial charge on any atom is -0.462 e. The van der Waals surface area contributed by atoms with Crippen LogP contribution in [0.5, 0.6) is 0 Å². The van der Waals surface area contributed by atoms with Crippen LogP contribution in [0, 0.1) is 0 Å². The molecule has 0 N–H and O–H groups in total. The summed E-state index contributed by atoms with van der Waals surface area (Å²) in [5.74, 6) is -0.968. The molecule has 0 radical (unpaired) electrons. The first-order valence-corrected chi connectivity index (χ1v) is 31.5. The number of rotatable bonds is 55. The maximum atomic E-state index is 12.9. The number of allylic oxidation sites excluding steroid dienone is 26. The van der Waals surface area contributed by atoms with E-state index >= 15 is 0 Å². The van der Waals surface area contributed by atoms with Crippen molar-refractivity contribution in [2.75, 3.05) is 13.2 Å². The van der Waals surface area contributed by atoms with Crippen LogP contribution < -0.4 is 0 Å². The largest absolute Gasteiger partial charge is 0.462 e. The molecule has 0 aromatic carbocycles. The molecule has 0 bridgehead atoms. The highest BCUT2D eigenvalue weighted by atomic mass is 16.6. The molecular formula is C72H114O6. The van der Waals surface area contributed by atoms with Gasteiger partial charge in [0.15, 0.2) is 6.10 Å². The fourth-order valence-electron chi connectivity index (χ4n) is 8.09. The summed E-state index contributed by atoms with van der Waals surface area (Å²) >= 11 is 0. The summed E-state index contributed by atoms with van der Waals surface area (Å²) in [4.78, 5) is 38.3. The summed E-state index contributed by atoms with van der Waals surface area (Å²) in [6.07, 6.45) is 93.8. The van der Waals surface area contributed by atoms with Crippen LogP contribution in [0.1, 0.15) is 258 Å². The fourth-order valence-corrected chi connectivity index (χ4v) is 8.09. The van der Waals surface area contributed by atoms with E-state index in [1.807, 2.05) is 0 Å². The van der Waals surface area contributed by atoms with Crippen molar-refractivity contribution in [3.8, 4) is 0 Å². The van der Waals surface area contributed by atoms with Gasteiger partial charge in [-0.15, -0.1) is 0 Å². The number of carbonyl (C=O) groups is 3. The SMILES string of the molecule is CC/C=C\C/C=C\C/C=C\C/C=C\C/C=C\C/C=C\C/C=C\CCCCCCCC(=O)OCC(COC(=O)CCCCCCC/C=C\C/C=C\CCCCCC)OC(=O)CCCCCC/C=C\C/C=C\C/C=C\C/C=C\CC. The molecule has 0 amide bonds. The molecule has 6 nitrogen and oxygen atoms in total. The zero-order valence-electron chi connectivity index (χ0n) is 50.1. The van der Waals surface area contributed by atoms with Crippen molar-refractivity contribution in [3.05, 3.63) is 158 Å². The molecule has 0 fully saturated rings. The molecule has 0 rings (SSSR count). The molecule has 0 heterocycles. The average molecular weight is 1080 g/mol. The van der Waals surface area contributed by atoms with Crippen molar-refractivity contribution in [2.45, 2.75) is 264 Å². The molecule has 0 saturated carbocycles. The third kappa shape index (κ3) is 61.9. The molecule has 78 heavy (non-hydrogen) atoms. The van der Waals surface area contributed by atoms with Crippen molar-refractivity contribution >= 4 is 17.9 Å². The summed E-state index contributed by atoms with van der Waals surface area (Å²) < 4.78 is 16.9. The van der Waals surface area contributed by atoms with Gasteiger partial charge in [0.25, 0.3) is 0 Å². The smallest absolute Gasteiger partial charge is 0.306 e. The topological polar surface area (TPSA) is 78.9 Å². The Morgan fingerprint density at radius 1 is 0.269 bits per heavy atom. The van der Waals surface area contributed by atoms with Gasteiger partial charge in [0.2, 0.25) is 0 Å². The van der Waals surface area contributed by atoms with E-state index in [2.05, 4.69) is 179 Å². The van der Waals surface area contributed by atoms with Crippen molar-refractivity contribution in [1.82, 2.24) is 0 Å². The fraction of sp³-hybridized carbons (Fsp3) is 0.597. The zero-order chi connectivity index (χ0) is 56.4. The molecule has 0 aliphatic heterocycles. The highest BCUT2D eigenvalue weighted by molar-refractivity contribution is 5.71. The predicted molar refractivity (Wildman–Crippen MR) is 338 cm³/mol. The highest BCUT2D eigenvalue weighted by Crippen LogP contribution is 2.13. The number of ether oxygens (including phenoxy) is 3. The van der Waals surface area contributed by atoms with Crippen molar-refractivity contribution < 1.29 is 28.6 Å². The number of hydrogen-bond acceptors (Lipinski definition) is 6. The Kier molecular flexibility index (Phi) is 60.4. The van der Waals surface area contributed by atoms with E-state index in [0.717, 1.165) is 186 Å². The van der Waals surface area contributed by atoms with Crippen LogP contribution in [0.25, 0.3) is 0 Å². The molecule has 0 aliphatic carbocycles. The van der Waals surface area contributed by atoms with Crippen LogP contribution >= 0.6 is 0 Å². The van der Waals surface area contributed by atoms with Crippen LogP contribution in [0.3, 0.4) is 0 Å². The number of hydrogen-bond donors (Lipinski definition) is 0. The van der Waals surface area contributed by atoms with Crippen LogP contribution in [0.15, 0.2) is 158 Å². The van der Waals surface area contributed by atoms with E-state index in [-0.39, 0.29) is 37.5 Å². The Morgan fingerprint density at radius 3 is 0.782 bits per heavy atom. The van der Waals surface area contributed by atoms with Gasteiger partial charge in [-0.2, -0.15) is 0 Å². The number of esters is 3. The van der Waals surface area contributed by atoms with E-state index in [1.165, 1.54) is 32.1 Å². The average Bonchev–Trinajstić information content (AvgIpc) is 3.44. The molecule has 6 heteroatoms. The second kappa shape index (κ2) is 64.6. The lowest BCUT2D eigenvalue weighted by molar-refractivity contribution is -0.167. The monoisotopic (exact) mass is 1070 g/mol. The number of unbranched alkanes of at least 4 members (excludes halogenated alkanes) is 18. The predicted octanol–water partition coefficient (Wildman–Crippen LogP) is 21.7. The van der Waals surface area contributed by atoms with E-state index in [1.54, 1.807) is 0 Å². The van der Waals surface area contributed by atoms with Crippen LogP contribution in [0.2, 0.25) is 0 Å². The molecule has 1 atom stereocenters. The Hall–Kier alpha value is -4.97. The molecule has 0 spiro atoms. The molecule has 0 aliphatic rings. The third-order valence-corrected chi connectivity index (χ3v) is 12.7. The van der Waals surface area contributed by atoms with Crippen molar-refractivity contribution in [2.24, 2.45) is 0 Å². The minimum absolute atomic E-state index is 0.108. The quantitative estimate of drug-likeness (QED) is 0.0261. The van der Waals surface area contributed by atoms with Gasteiger partial charge in [-0.25, -0.2) is 0 Å². The Bertz CT molecular complexity index is 1760. The maximum Gasteiger partial charge on any atom is 0.306 e. The standard InChI is InChI=1S/C72H114O6/c1-4-7-10-13-16-19-22-25-28-31-32-33-34-35-36-37-38-39-40-42-44-47-50-53-56-59-62-65-71(74)77-68-69(67-76-70(73)64-61-58-55-52-49-46-43-30-27-24-21-18-15-12-9-6-3)78-72(75)66-63-60-57-54-51-48-45-41-29-26-23-20-17-14-11-8-5-2/h7-8,10-11,16-17,19-21,24-26,28-30,32-33,35-36,38-39,42-45,48,69H,4-6,9,12-15,18,22-23,27,31,34,37,40-41,46-47,49-68H2,1-3H3/b10-7-,11-8-,19-16-,20-17-,24-21-,28-25-,29-26-,33-32-,36-35-,39-38-,43-30-,44-42-,48-45-. The van der Waals surface area contributed by atoms with Crippen LogP contribution in [-0.4, -0.2) is 37.2 Å². The lowest BCUT2D eigenvalue weighted by Gasteiger charge is -2.18. The van der Waals surface area contributed by atoms with Gasteiger partial charge in [0, 0.05) is 19.3 Å². The van der Waals surface area contributed by atoms with E-state index in [9.17, 15) is 14.4 Å². The number of carbonyl (C=O) groups excluding carboxylic acids is 3. The summed E-state index contributed by atoms with van der Waals surface area (Å²) in [6.45, 7) is 6.34. The Labute approximate surface area is 480 Å². The van der Waals surface area contributed by atoms with Gasteiger partial charge in [-0.05, 0) is 148 Å². The van der Waals surface area contributed by atoms with Gasteiger partial charge in [0.05, 0.1) is 0 Å². The first-order chi connectivity index (χ1) is 38.5. The first-order valence-electron chi connectivity index (χ1n) is 31.5. The van der Waals surface area contributed by atoms with Crippen molar-refractivity contribution in [3.63, 3.8) is 0 Å². The normalized spacial score (nSPS) is 13.2. The van der Waals surface area contributed by atoms with Gasteiger partial charge < -0.3 is 14.2 Å². The van der Waals surface area contributed by atoms with Gasteiger partial charge in [-0.1, -0.05) is 249 Å². The van der Waals surface area contributed by atoms with E-state index in [4.69, 9.17) is 14.2 Å². The molecule has 0 aromatic heterocycles. The Balaban J connectivity index is 4.48. The molecule has 1 unspecified atom stereocenters. The summed E-state index contributed by atoms with van der Waals surface area (Å²) in [6, 6.07) is 0. The van der Waals surface area contributed by atoms with Gasteiger partial charge in [-0.3, -0.25) is 14.4 Å². The minimum atomic E-state index is -0.815. The lowest BCUT2D eigenvalue weighted by Crippen LogP contribution is -2.30. The van der Waals surface area contributed by atoms with Crippen LogP contribution in [-0.2, 0) is 28.6 Å². The lowest BCUT2D eigenvalue weighted by atomic mass is 10.1. The van der Waals surface area contributed by atoms with Crippen molar-refractivity contribution in [1.29, 1.82) is 0 Å². The second-order valence-corrected chi connectivity index (χ2v) is 20.2. The summed E-state index contributed by atoms with van der Waals surface area (Å²) in [7, 11) is 0. The third-order valence-electron chi connectivity index (χ3n) is 12.7. The van der Waals surface area contributed by atoms with E-state index in [0.29, 0.717) is 12.8 Å². The molecule has 0 aromatic rings. The summed E-state index contributed by atoms with van der Waals surface area (Å²) in [5, 5.41) is 0. The second-order valence-electron chi connectivity index (χ2n) is 20.2. The zero-order valence-corrected chi connectivity index (χ0v) is 50.1. The molecule has 438 valence electrons. The Morgan fingerprint density at radius 2 is 0.500 bits per heavy atom. The van der Waals surface area contributed by atoms with E-state index < -0.39 is 6.10 Å². The maximum absolute atomic E-state index is 12.9. The summed E-state index contributed by atoms with van der Waals surface area (Å²) in [5.41, 5.74) is 0. The molecule has 0 saturated heterocycles. The van der Waals surface area contributed by atoms with Gasteiger partial charge in [0.1, 0.15) is 13.2 Å². The first kappa shape index (κ1) is 73.0. The highest BCUT2D eigenvalue weighted by Gasteiger charge is 2.19.